The van der Waals surface area contributed by atoms with Crippen LogP contribution in [0.1, 0.15) is 12.8 Å². The molecular weight excluding hydrogens is 164 g/mol. The van der Waals surface area contributed by atoms with Crippen LogP contribution in [0.2, 0.25) is 0 Å². The Morgan fingerprint density at radius 2 is 2.00 bits per heavy atom. The fourth-order valence-corrected chi connectivity index (χ4v) is 1.97. The summed E-state index contributed by atoms with van der Waals surface area (Å²) in [5, 5.41) is 17.2. The molecule has 0 aliphatic heterocycles. The molecule has 0 aromatic heterocycles. The molecule has 1 rings (SSSR count). The Hall–Kier alpha value is 0.520. The van der Waals surface area contributed by atoms with Gasteiger partial charge in [-0.05, 0) is 0 Å². The average Bonchev–Trinajstić information content (AvgIpc) is 1.59. The van der Waals surface area contributed by atoms with Gasteiger partial charge in [0.2, 0.25) is 0 Å². The van der Waals surface area contributed by atoms with Gasteiger partial charge in [0.1, 0.15) is 5.25 Å². The van der Waals surface area contributed by atoms with E-state index in [1.807, 2.05) is 0 Å². The number of hydrogen-bond donors (Lipinski definition) is 2. The van der Waals surface area contributed by atoms with Crippen molar-refractivity contribution in [1.82, 2.24) is 0 Å². The summed E-state index contributed by atoms with van der Waals surface area (Å²) < 4.78 is 10.4. The van der Waals surface area contributed by atoms with Crippen molar-refractivity contribution in [2.75, 3.05) is 0 Å². The maximum atomic E-state index is 10.4. The highest BCUT2D eigenvalue weighted by Crippen LogP contribution is 2.35. The maximum Gasteiger partial charge on any atom is 0.174 e. The molecule has 0 heterocycles. The second-order valence-electron chi connectivity index (χ2n) is 2.26. The van der Waals surface area contributed by atoms with E-state index < -0.39 is 16.2 Å². The normalized spacial score (nSPS) is 29.3. The molecule has 0 saturated heterocycles. The lowest BCUT2D eigenvalue weighted by Gasteiger charge is -2.36. The quantitative estimate of drug-likeness (QED) is 0.421. The summed E-state index contributed by atoms with van der Waals surface area (Å²) in [5.74, 6) is -1.60. The van der Waals surface area contributed by atoms with Crippen LogP contribution in [0.3, 0.4) is 0 Å². The highest BCUT2D eigenvalue weighted by atomic mass is 35.7. The first-order valence-corrected chi connectivity index (χ1v) is 4.57. The molecule has 2 N–H and O–H groups in total. The lowest BCUT2D eigenvalue weighted by molar-refractivity contribution is -0.207. The van der Waals surface area contributed by atoms with Crippen LogP contribution in [0.5, 0.6) is 0 Å². The first kappa shape index (κ1) is 7.63. The predicted octanol–water partition coefficient (Wildman–Crippen LogP) is -0.268. The Balaban J connectivity index is 2.27. The Morgan fingerprint density at radius 3 is 2.11 bits per heavy atom. The third-order valence-corrected chi connectivity index (χ3v) is 2.98. The summed E-state index contributed by atoms with van der Waals surface area (Å²) in [6, 6.07) is 0. The van der Waals surface area contributed by atoms with E-state index in [-0.39, 0.29) is 18.1 Å². The van der Waals surface area contributed by atoms with Gasteiger partial charge in [-0.2, -0.15) is 0 Å². The Bertz CT molecular complexity index is 108. The standard InChI is InChI=1S/C4H7ClO3S/c5-9(8)3-1-4(6,7)2-3/h3,6-7H,1-2H2. The molecule has 0 spiro atoms. The third kappa shape index (κ3) is 1.72. The van der Waals surface area contributed by atoms with E-state index in [0.29, 0.717) is 0 Å². The van der Waals surface area contributed by atoms with Gasteiger partial charge in [-0.3, -0.25) is 0 Å². The number of aliphatic hydroxyl groups is 2. The molecule has 0 bridgehead atoms. The zero-order valence-electron chi connectivity index (χ0n) is 4.58. The molecule has 0 aromatic rings. The fourth-order valence-electron chi connectivity index (χ4n) is 0.800. The zero-order valence-corrected chi connectivity index (χ0v) is 6.15. The molecule has 1 unspecified atom stereocenters. The van der Waals surface area contributed by atoms with Crippen molar-refractivity contribution in [2.45, 2.75) is 23.9 Å². The van der Waals surface area contributed by atoms with Crippen LogP contribution in [0.4, 0.5) is 0 Å². The lowest BCUT2D eigenvalue weighted by Crippen LogP contribution is -2.49. The molecule has 9 heavy (non-hydrogen) atoms. The molecule has 3 nitrogen and oxygen atoms in total. The van der Waals surface area contributed by atoms with Crippen LogP contribution in [-0.4, -0.2) is 25.8 Å². The molecule has 1 aliphatic rings. The van der Waals surface area contributed by atoms with Crippen molar-refractivity contribution in [3.8, 4) is 0 Å². The van der Waals surface area contributed by atoms with Crippen LogP contribution < -0.4 is 0 Å². The van der Waals surface area contributed by atoms with Crippen LogP contribution in [0.15, 0.2) is 0 Å². The average molecular weight is 171 g/mol. The minimum absolute atomic E-state index is 0.128. The van der Waals surface area contributed by atoms with Gasteiger partial charge in [0.25, 0.3) is 0 Å². The van der Waals surface area contributed by atoms with Crippen molar-refractivity contribution in [3.05, 3.63) is 0 Å². The van der Waals surface area contributed by atoms with E-state index in [1.54, 1.807) is 0 Å². The van der Waals surface area contributed by atoms with Gasteiger partial charge in [-0.1, -0.05) is 0 Å². The summed E-state index contributed by atoms with van der Waals surface area (Å²) in [6.07, 6.45) is 0.256. The van der Waals surface area contributed by atoms with Crippen molar-refractivity contribution in [3.63, 3.8) is 0 Å². The smallest absolute Gasteiger partial charge is 0.174 e. The zero-order chi connectivity index (χ0) is 7.07. The minimum Gasteiger partial charge on any atom is -0.599 e. The molecule has 5 heteroatoms. The largest absolute Gasteiger partial charge is 0.599 e. The summed E-state index contributed by atoms with van der Waals surface area (Å²) in [7, 11) is 3.74. The van der Waals surface area contributed by atoms with Gasteiger partial charge in [-0.25, -0.2) is 0 Å². The molecule has 0 aromatic carbocycles. The van der Waals surface area contributed by atoms with E-state index in [1.165, 1.54) is 0 Å². The highest BCUT2D eigenvalue weighted by Gasteiger charge is 2.47. The molecule has 1 saturated carbocycles. The van der Waals surface area contributed by atoms with E-state index in [4.69, 9.17) is 20.9 Å². The van der Waals surface area contributed by atoms with E-state index in [0.717, 1.165) is 0 Å². The SMILES string of the molecule is [O-][S+](Cl)C1CC(O)(O)C1. The minimum atomic E-state index is -1.60. The molecule has 0 amide bonds. The molecule has 54 valence electrons. The number of halogens is 1. The van der Waals surface area contributed by atoms with Crippen LogP contribution in [-0.2, 0) is 10.4 Å². The van der Waals surface area contributed by atoms with E-state index in [2.05, 4.69) is 0 Å². The number of hydrogen-bond acceptors (Lipinski definition) is 3. The van der Waals surface area contributed by atoms with Gasteiger partial charge >= 0.3 is 0 Å². The van der Waals surface area contributed by atoms with E-state index in [9.17, 15) is 4.55 Å². The maximum absolute atomic E-state index is 10.4. The monoisotopic (exact) mass is 170 g/mol. The van der Waals surface area contributed by atoms with E-state index >= 15 is 0 Å². The van der Waals surface area contributed by atoms with Gasteiger partial charge < -0.3 is 14.8 Å². The fraction of sp³-hybridized carbons (Fsp3) is 1.00. The van der Waals surface area contributed by atoms with Gasteiger partial charge in [0.05, 0.1) is 23.2 Å². The van der Waals surface area contributed by atoms with Crippen LogP contribution in [0, 0.1) is 0 Å². The summed E-state index contributed by atoms with van der Waals surface area (Å²) in [4.78, 5) is 0. The molecule has 1 atom stereocenters. The van der Waals surface area contributed by atoms with Gasteiger partial charge in [0, 0.05) is 0 Å². The topological polar surface area (TPSA) is 63.5 Å². The summed E-state index contributed by atoms with van der Waals surface area (Å²) in [5.41, 5.74) is 0. The second kappa shape index (κ2) is 2.29. The van der Waals surface area contributed by atoms with Gasteiger partial charge in [0.15, 0.2) is 16.5 Å². The molecule has 1 fully saturated rings. The Kier molecular flexibility index (Phi) is 1.94. The highest BCUT2D eigenvalue weighted by molar-refractivity contribution is 8.14. The van der Waals surface area contributed by atoms with Crippen LogP contribution in [0.25, 0.3) is 0 Å². The van der Waals surface area contributed by atoms with Crippen molar-refractivity contribution in [1.29, 1.82) is 0 Å². The lowest BCUT2D eigenvalue weighted by atomic mass is 9.91. The second-order valence-corrected chi connectivity index (χ2v) is 4.34. The third-order valence-electron chi connectivity index (χ3n) is 1.37. The molecular formula is C4H7ClO3S. The first-order chi connectivity index (χ1) is 4.01. The first-order valence-electron chi connectivity index (χ1n) is 2.53. The number of rotatable bonds is 1. The Morgan fingerprint density at radius 1 is 1.56 bits per heavy atom. The molecule has 0 radical (unpaired) electrons. The van der Waals surface area contributed by atoms with Gasteiger partial charge in [-0.15, -0.1) is 0 Å². The predicted molar refractivity (Wildman–Crippen MR) is 34.2 cm³/mol. The Labute approximate surface area is 60.3 Å². The molecule has 1 aliphatic carbocycles. The van der Waals surface area contributed by atoms with Crippen molar-refractivity contribution in [2.24, 2.45) is 0 Å². The van der Waals surface area contributed by atoms with Crippen molar-refractivity contribution >= 4 is 21.1 Å². The van der Waals surface area contributed by atoms with Crippen molar-refractivity contribution < 1.29 is 14.8 Å². The summed E-state index contributed by atoms with van der Waals surface area (Å²) in [6.45, 7) is 0. The summed E-state index contributed by atoms with van der Waals surface area (Å²) >= 11 is 0. The van der Waals surface area contributed by atoms with Crippen LogP contribution >= 0.6 is 10.7 Å².